The topological polar surface area (TPSA) is 47.1 Å². The first-order valence-corrected chi connectivity index (χ1v) is 11.7. The molecule has 0 unspecified atom stereocenters. The second kappa shape index (κ2) is 11.4. The molecule has 0 fully saturated rings. The number of rotatable bonds is 3. The standard InChI is InChI=1S/C26H34F2N4O2/c1-5-25(33)32-15-7-13-30(4)12-6-14-31(18-20-16-22(27)23(28)17-24(20)32)26(34)19-8-10-21(11-9-19)29(2)3/h8-11,16-17H,5-7,12-15,18H2,1-4H3. The van der Waals surface area contributed by atoms with Gasteiger partial charge < -0.3 is 19.6 Å². The molecule has 0 spiro atoms. The van der Waals surface area contributed by atoms with Crippen molar-refractivity contribution in [2.75, 3.05) is 57.1 Å². The fourth-order valence-corrected chi connectivity index (χ4v) is 4.21. The number of halogens is 2. The van der Waals surface area contributed by atoms with Gasteiger partial charge >= 0.3 is 0 Å². The Morgan fingerprint density at radius 3 is 2.18 bits per heavy atom. The molecule has 184 valence electrons. The molecule has 0 N–H and O–H groups in total. The molecule has 0 radical (unpaired) electrons. The maximum atomic E-state index is 14.3. The first kappa shape index (κ1) is 25.6. The summed E-state index contributed by atoms with van der Waals surface area (Å²) in [5.41, 5.74) is 2.25. The number of amides is 2. The zero-order chi connectivity index (χ0) is 24.8. The summed E-state index contributed by atoms with van der Waals surface area (Å²) >= 11 is 0. The lowest BCUT2D eigenvalue weighted by Crippen LogP contribution is -2.38. The van der Waals surface area contributed by atoms with Crippen LogP contribution in [-0.2, 0) is 11.3 Å². The molecule has 0 aliphatic carbocycles. The van der Waals surface area contributed by atoms with Gasteiger partial charge in [0.2, 0.25) is 5.91 Å². The third kappa shape index (κ3) is 6.11. The number of carbonyl (C=O) groups excluding carboxylic acids is 2. The number of hydrogen-bond acceptors (Lipinski definition) is 4. The van der Waals surface area contributed by atoms with Gasteiger partial charge in [0.15, 0.2) is 11.6 Å². The van der Waals surface area contributed by atoms with Crippen LogP contribution < -0.4 is 9.80 Å². The molecule has 6 nitrogen and oxygen atoms in total. The van der Waals surface area contributed by atoms with E-state index in [1.54, 1.807) is 24.0 Å². The van der Waals surface area contributed by atoms with Crippen LogP contribution in [0.15, 0.2) is 36.4 Å². The molecule has 0 bridgehead atoms. The molecular formula is C26H34F2N4O2. The minimum absolute atomic E-state index is 0.0814. The number of fused-ring (bicyclic) bond motifs is 1. The number of hydrogen-bond donors (Lipinski definition) is 0. The summed E-state index contributed by atoms with van der Waals surface area (Å²) in [7, 11) is 5.86. The van der Waals surface area contributed by atoms with Gasteiger partial charge in [0.05, 0.1) is 5.69 Å². The fourth-order valence-electron chi connectivity index (χ4n) is 4.21. The third-order valence-corrected chi connectivity index (χ3v) is 6.18. The average Bonchev–Trinajstić information content (AvgIpc) is 2.82. The Morgan fingerprint density at radius 2 is 1.56 bits per heavy atom. The predicted octanol–water partition coefficient (Wildman–Crippen LogP) is 4.14. The van der Waals surface area contributed by atoms with E-state index >= 15 is 0 Å². The van der Waals surface area contributed by atoms with Crippen molar-refractivity contribution in [1.82, 2.24) is 9.80 Å². The van der Waals surface area contributed by atoms with Crippen LogP contribution in [0.4, 0.5) is 20.2 Å². The normalized spacial score (nSPS) is 15.8. The maximum absolute atomic E-state index is 14.3. The summed E-state index contributed by atoms with van der Waals surface area (Å²) in [6.07, 6.45) is 1.70. The molecule has 0 saturated heterocycles. The minimum atomic E-state index is -1.01. The van der Waals surface area contributed by atoms with Crippen LogP contribution >= 0.6 is 0 Å². The van der Waals surface area contributed by atoms with Crippen LogP contribution in [0.5, 0.6) is 0 Å². The first-order chi connectivity index (χ1) is 16.2. The van der Waals surface area contributed by atoms with E-state index in [9.17, 15) is 18.4 Å². The second-order valence-corrected chi connectivity index (χ2v) is 8.97. The molecule has 2 aromatic carbocycles. The van der Waals surface area contributed by atoms with Gasteiger partial charge in [-0.15, -0.1) is 0 Å². The van der Waals surface area contributed by atoms with Gasteiger partial charge in [0, 0.05) is 57.5 Å². The van der Waals surface area contributed by atoms with E-state index in [1.165, 1.54) is 4.90 Å². The SMILES string of the molecule is CCC(=O)N1CCCN(C)CCCN(C(=O)c2ccc(N(C)C)cc2)Cc2cc(F)c(F)cc21. The zero-order valence-corrected chi connectivity index (χ0v) is 20.5. The van der Waals surface area contributed by atoms with Crippen molar-refractivity contribution in [1.29, 1.82) is 0 Å². The first-order valence-electron chi connectivity index (χ1n) is 11.7. The Morgan fingerprint density at radius 1 is 0.941 bits per heavy atom. The molecule has 1 aliphatic rings. The van der Waals surface area contributed by atoms with Gasteiger partial charge in [-0.3, -0.25) is 9.59 Å². The third-order valence-electron chi connectivity index (χ3n) is 6.18. The van der Waals surface area contributed by atoms with Gasteiger partial charge in [0.25, 0.3) is 5.91 Å². The number of carbonyl (C=O) groups is 2. The zero-order valence-electron chi connectivity index (χ0n) is 20.5. The average molecular weight is 473 g/mol. The summed E-state index contributed by atoms with van der Waals surface area (Å²) in [5.74, 6) is -2.34. The Hall–Kier alpha value is -3.00. The van der Waals surface area contributed by atoms with Crippen molar-refractivity contribution >= 4 is 23.2 Å². The number of anilines is 2. The predicted molar refractivity (Wildman–Crippen MR) is 131 cm³/mol. The summed E-state index contributed by atoms with van der Waals surface area (Å²) in [5, 5.41) is 0. The van der Waals surface area contributed by atoms with E-state index in [0.29, 0.717) is 36.3 Å². The lowest BCUT2D eigenvalue weighted by Gasteiger charge is -2.31. The molecule has 34 heavy (non-hydrogen) atoms. The Labute approximate surface area is 200 Å². The Balaban J connectivity index is 2.02. The van der Waals surface area contributed by atoms with Crippen LogP contribution in [-0.4, -0.2) is 68.9 Å². The molecule has 0 atom stereocenters. The van der Waals surface area contributed by atoms with E-state index in [2.05, 4.69) is 4.90 Å². The molecule has 3 rings (SSSR count). The highest BCUT2D eigenvalue weighted by Crippen LogP contribution is 2.28. The van der Waals surface area contributed by atoms with Gasteiger partial charge in [0.1, 0.15) is 0 Å². The van der Waals surface area contributed by atoms with Gasteiger partial charge in [-0.1, -0.05) is 6.92 Å². The Kier molecular flexibility index (Phi) is 8.61. The van der Waals surface area contributed by atoms with Crippen LogP contribution in [0.3, 0.4) is 0 Å². The highest BCUT2D eigenvalue weighted by atomic mass is 19.2. The van der Waals surface area contributed by atoms with Crippen molar-refractivity contribution in [2.45, 2.75) is 32.7 Å². The van der Waals surface area contributed by atoms with E-state index in [1.807, 2.05) is 38.2 Å². The lowest BCUT2D eigenvalue weighted by molar-refractivity contribution is -0.118. The second-order valence-electron chi connectivity index (χ2n) is 8.97. The smallest absolute Gasteiger partial charge is 0.254 e. The quantitative estimate of drug-likeness (QED) is 0.674. The molecular weight excluding hydrogens is 438 g/mol. The molecule has 2 aromatic rings. The van der Waals surface area contributed by atoms with Crippen LogP contribution in [0.1, 0.15) is 42.1 Å². The van der Waals surface area contributed by atoms with Crippen molar-refractivity contribution in [2.24, 2.45) is 0 Å². The van der Waals surface area contributed by atoms with E-state index in [-0.39, 0.29) is 24.8 Å². The van der Waals surface area contributed by atoms with Gasteiger partial charge in [-0.05, 0) is 68.9 Å². The number of benzene rings is 2. The van der Waals surface area contributed by atoms with E-state index < -0.39 is 11.6 Å². The summed E-state index contributed by atoms with van der Waals surface area (Å²) < 4.78 is 28.6. The maximum Gasteiger partial charge on any atom is 0.254 e. The van der Waals surface area contributed by atoms with Crippen LogP contribution in [0, 0.1) is 11.6 Å². The summed E-state index contributed by atoms with van der Waals surface area (Å²) in [6.45, 7) is 4.23. The van der Waals surface area contributed by atoms with Crippen molar-refractivity contribution in [3.63, 3.8) is 0 Å². The van der Waals surface area contributed by atoms with Gasteiger partial charge in [-0.2, -0.15) is 0 Å². The van der Waals surface area contributed by atoms with Gasteiger partial charge in [-0.25, -0.2) is 8.78 Å². The summed E-state index contributed by atoms with van der Waals surface area (Å²) in [6, 6.07) is 9.51. The van der Waals surface area contributed by atoms with Crippen molar-refractivity contribution < 1.29 is 18.4 Å². The summed E-state index contributed by atoms with van der Waals surface area (Å²) in [4.78, 5) is 33.5. The van der Waals surface area contributed by atoms with Crippen LogP contribution in [0.2, 0.25) is 0 Å². The largest absolute Gasteiger partial charge is 0.378 e. The molecule has 2 amide bonds. The minimum Gasteiger partial charge on any atom is -0.378 e. The fraction of sp³-hybridized carbons (Fsp3) is 0.462. The Bertz CT molecular complexity index is 1010. The monoisotopic (exact) mass is 472 g/mol. The van der Waals surface area contributed by atoms with E-state index in [4.69, 9.17) is 0 Å². The molecule has 1 aliphatic heterocycles. The highest BCUT2D eigenvalue weighted by Gasteiger charge is 2.24. The molecule has 1 heterocycles. The van der Waals surface area contributed by atoms with E-state index in [0.717, 1.165) is 37.3 Å². The van der Waals surface area contributed by atoms with Crippen molar-refractivity contribution in [3.05, 3.63) is 59.2 Å². The molecule has 8 heteroatoms. The number of nitrogens with zero attached hydrogens (tertiary/aromatic N) is 4. The van der Waals surface area contributed by atoms with Crippen LogP contribution in [0.25, 0.3) is 0 Å². The molecule has 0 aromatic heterocycles. The highest BCUT2D eigenvalue weighted by molar-refractivity contribution is 5.96. The molecule has 0 saturated carbocycles. The lowest BCUT2D eigenvalue weighted by atomic mass is 10.1. The van der Waals surface area contributed by atoms with Crippen molar-refractivity contribution in [3.8, 4) is 0 Å².